The summed E-state index contributed by atoms with van der Waals surface area (Å²) >= 11 is 5.14. The molecule has 0 bridgehead atoms. The molecule has 2 rings (SSSR count). The summed E-state index contributed by atoms with van der Waals surface area (Å²) in [5.41, 5.74) is 4.01. The molecule has 2 N–H and O–H groups in total. The van der Waals surface area contributed by atoms with Gasteiger partial charge in [0, 0.05) is 11.8 Å². The molecule has 0 saturated carbocycles. The molecule has 23 heavy (non-hydrogen) atoms. The second-order valence-electron chi connectivity index (χ2n) is 4.45. The number of rotatable bonds is 5. The van der Waals surface area contributed by atoms with Crippen LogP contribution in [-0.2, 0) is 0 Å². The highest BCUT2D eigenvalue weighted by atomic mass is 32.1. The number of nitrogens with zero attached hydrogens (tertiary/aromatic N) is 1. The van der Waals surface area contributed by atoms with E-state index in [1.807, 2.05) is 0 Å². The number of halogens is 1. The van der Waals surface area contributed by atoms with Gasteiger partial charge in [-0.3, -0.25) is 5.43 Å². The molecule has 0 fully saturated rings. The molecule has 0 atom stereocenters. The number of methoxy groups -OCH3 is 2. The van der Waals surface area contributed by atoms with Gasteiger partial charge < -0.3 is 14.8 Å². The summed E-state index contributed by atoms with van der Waals surface area (Å²) in [7, 11) is 3.12. The average Bonchev–Trinajstić information content (AvgIpc) is 2.54. The minimum atomic E-state index is -0.319. The third-order valence-electron chi connectivity index (χ3n) is 2.87. The summed E-state index contributed by atoms with van der Waals surface area (Å²) in [4.78, 5) is 0. The molecule has 0 saturated heterocycles. The molecular weight excluding hydrogens is 317 g/mol. The lowest BCUT2D eigenvalue weighted by Crippen LogP contribution is -2.23. The minimum absolute atomic E-state index is 0.296. The summed E-state index contributed by atoms with van der Waals surface area (Å²) in [6, 6.07) is 11.4. The molecule has 0 spiro atoms. The van der Waals surface area contributed by atoms with Crippen molar-refractivity contribution < 1.29 is 13.9 Å². The van der Waals surface area contributed by atoms with Crippen LogP contribution in [0.25, 0.3) is 0 Å². The summed E-state index contributed by atoms with van der Waals surface area (Å²) in [5.74, 6) is 0.893. The van der Waals surface area contributed by atoms with Gasteiger partial charge in [-0.25, -0.2) is 4.39 Å². The average molecular weight is 333 g/mol. The molecule has 0 heterocycles. The number of anilines is 1. The van der Waals surface area contributed by atoms with Gasteiger partial charge in [0.05, 0.1) is 20.4 Å². The fraction of sp³-hybridized carbons (Fsp3) is 0.125. The fourth-order valence-corrected chi connectivity index (χ4v) is 2.00. The van der Waals surface area contributed by atoms with E-state index in [1.54, 1.807) is 44.6 Å². The van der Waals surface area contributed by atoms with Crippen molar-refractivity contribution in [2.75, 3.05) is 19.5 Å². The fourth-order valence-electron chi connectivity index (χ4n) is 1.83. The quantitative estimate of drug-likeness (QED) is 0.500. The van der Waals surface area contributed by atoms with E-state index < -0.39 is 0 Å². The normalized spacial score (nSPS) is 10.4. The number of hydrogen-bond donors (Lipinski definition) is 2. The molecule has 5 nitrogen and oxygen atoms in total. The van der Waals surface area contributed by atoms with Gasteiger partial charge in [0.25, 0.3) is 0 Å². The minimum Gasteiger partial charge on any atom is -0.493 e. The summed E-state index contributed by atoms with van der Waals surface area (Å²) in [5, 5.41) is 7.21. The highest BCUT2D eigenvalue weighted by Crippen LogP contribution is 2.29. The van der Waals surface area contributed by atoms with Crippen LogP contribution >= 0.6 is 12.2 Å². The molecular formula is C16H16FN3O2S. The zero-order valence-electron chi connectivity index (χ0n) is 12.7. The number of hydrazone groups is 1. The van der Waals surface area contributed by atoms with E-state index in [-0.39, 0.29) is 5.82 Å². The summed E-state index contributed by atoms with van der Waals surface area (Å²) in [6.07, 6.45) is 1.48. The molecule has 0 aromatic heterocycles. The van der Waals surface area contributed by atoms with Gasteiger partial charge in [0.2, 0.25) is 0 Å². The van der Waals surface area contributed by atoms with Gasteiger partial charge in [-0.1, -0.05) is 12.1 Å². The Morgan fingerprint density at radius 1 is 1.13 bits per heavy atom. The van der Waals surface area contributed by atoms with Gasteiger partial charge in [-0.05, 0) is 42.0 Å². The SMILES string of the molecule is COc1ccc(NC(=S)NN=Cc2cccc(F)c2)cc1OC. The molecule has 0 aliphatic rings. The van der Waals surface area contributed by atoms with Crippen LogP contribution in [0.15, 0.2) is 47.6 Å². The van der Waals surface area contributed by atoms with Crippen LogP contribution in [-0.4, -0.2) is 25.5 Å². The maximum Gasteiger partial charge on any atom is 0.191 e. The molecule has 7 heteroatoms. The van der Waals surface area contributed by atoms with Gasteiger partial charge in [0.1, 0.15) is 5.82 Å². The molecule has 2 aromatic rings. The van der Waals surface area contributed by atoms with Crippen LogP contribution in [0.3, 0.4) is 0 Å². The van der Waals surface area contributed by atoms with Crippen molar-refractivity contribution in [3.8, 4) is 11.5 Å². The van der Waals surface area contributed by atoms with Crippen molar-refractivity contribution in [3.63, 3.8) is 0 Å². The van der Waals surface area contributed by atoms with Crippen molar-refractivity contribution in [1.82, 2.24) is 5.43 Å². The standard InChI is InChI=1S/C16H16FN3O2S/c1-21-14-7-6-13(9-15(14)22-2)19-16(23)20-18-10-11-4-3-5-12(17)8-11/h3-10H,1-2H3,(H2,19,20,23). The number of hydrogen-bond acceptors (Lipinski definition) is 4. The van der Waals surface area contributed by atoms with Crippen LogP contribution in [0.1, 0.15) is 5.56 Å². The van der Waals surface area contributed by atoms with E-state index in [9.17, 15) is 4.39 Å². The Bertz CT molecular complexity index is 722. The Hall–Kier alpha value is -2.67. The first-order valence-electron chi connectivity index (χ1n) is 6.70. The maximum absolute atomic E-state index is 13.0. The predicted octanol–water partition coefficient (Wildman–Crippen LogP) is 3.16. The molecule has 0 radical (unpaired) electrons. The third-order valence-corrected chi connectivity index (χ3v) is 3.06. The van der Waals surface area contributed by atoms with Gasteiger partial charge in [-0.15, -0.1) is 0 Å². The molecule has 0 amide bonds. The van der Waals surface area contributed by atoms with E-state index in [4.69, 9.17) is 21.7 Å². The van der Waals surface area contributed by atoms with Crippen molar-refractivity contribution >= 4 is 29.2 Å². The van der Waals surface area contributed by atoms with Gasteiger partial charge in [-0.2, -0.15) is 5.10 Å². The number of ether oxygens (including phenoxy) is 2. The second-order valence-corrected chi connectivity index (χ2v) is 4.86. The Labute approximate surface area is 139 Å². The highest BCUT2D eigenvalue weighted by Gasteiger charge is 2.05. The van der Waals surface area contributed by atoms with E-state index in [0.717, 1.165) is 5.69 Å². The van der Waals surface area contributed by atoms with Crippen LogP contribution in [0.5, 0.6) is 11.5 Å². The second kappa shape index (κ2) is 8.09. The molecule has 0 aliphatic heterocycles. The number of nitrogens with one attached hydrogen (secondary N) is 2. The van der Waals surface area contributed by atoms with Gasteiger partial charge in [0.15, 0.2) is 16.6 Å². The highest BCUT2D eigenvalue weighted by molar-refractivity contribution is 7.80. The van der Waals surface area contributed by atoms with Crippen molar-refractivity contribution in [3.05, 3.63) is 53.8 Å². The van der Waals surface area contributed by atoms with Crippen molar-refractivity contribution in [2.24, 2.45) is 5.10 Å². The van der Waals surface area contributed by atoms with Crippen molar-refractivity contribution in [2.45, 2.75) is 0 Å². The topological polar surface area (TPSA) is 54.9 Å². The van der Waals surface area contributed by atoms with Crippen molar-refractivity contribution in [1.29, 1.82) is 0 Å². The number of thiocarbonyl (C=S) groups is 1. The van der Waals surface area contributed by atoms with Crippen LogP contribution in [0.2, 0.25) is 0 Å². The monoisotopic (exact) mass is 333 g/mol. The molecule has 0 unspecified atom stereocenters. The maximum atomic E-state index is 13.0. The zero-order chi connectivity index (χ0) is 16.7. The lowest BCUT2D eigenvalue weighted by molar-refractivity contribution is 0.355. The first-order chi connectivity index (χ1) is 11.1. The lowest BCUT2D eigenvalue weighted by atomic mass is 10.2. The largest absolute Gasteiger partial charge is 0.493 e. The van der Waals surface area contributed by atoms with E-state index in [1.165, 1.54) is 18.3 Å². The molecule has 2 aromatic carbocycles. The third kappa shape index (κ3) is 4.93. The first kappa shape index (κ1) is 16.7. The van der Waals surface area contributed by atoms with E-state index in [2.05, 4.69) is 15.8 Å². The smallest absolute Gasteiger partial charge is 0.191 e. The predicted molar refractivity (Wildman–Crippen MR) is 92.9 cm³/mol. The Morgan fingerprint density at radius 3 is 2.61 bits per heavy atom. The Balaban J connectivity index is 1.94. The van der Waals surface area contributed by atoms with Crippen LogP contribution in [0, 0.1) is 5.82 Å². The first-order valence-corrected chi connectivity index (χ1v) is 7.11. The Kier molecular flexibility index (Phi) is 5.87. The van der Waals surface area contributed by atoms with E-state index in [0.29, 0.717) is 22.2 Å². The van der Waals surface area contributed by atoms with E-state index >= 15 is 0 Å². The molecule has 0 aliphatic carbocycles. The summed E-state index contributed by atoms with van der Waals surface area (Å²) in [6.45, 7) is 0. The Morgan fingerprint density at radius 2 is 1.91 bits per heavy atom. The lowest BCUT2D eigenvalue weighted by Gasteiger charge is -2.11. The summed E-state index contributed by atoms with van der Waals surface area (Å²) < 4.78 is 23.4. The molecule has 120 valence electrons. The zero-order valence-corrected chi connectivity index (χ0v) is 13.5. The van der Waals surface area contributed by atoms with Gasteiger partial charge >= 0.3 is 0 Å². The van der Waals surface area contributed by atoms with Crippen LogP contribution < -0.4 is 20.2 Å². The van der Waals surface area contributed by atoms with Crippen LogP contribution in [0.4, 0.5) is 10.1 Å². The number of benzene rings is 2.